The van der Waals surface area contributed by atoms with Gasteiger partial charge in [-0.2, -0.15) is 0 Å². The number of benzene rings is 1. The van der Waals surface area contributed by atoms with Gasteiger partial charge in [-0.1, -0.05) is 0 Å². The van der Waals surface area contributed by atoms with Crippen LogP contribution in [0.4, 0.5) is 11.4 Å². The number of nitro groups is 1. The highest BCUT2D eigenvalue weighted by atomic mass is 16.6. The number of carbonyl (C=O) groups is 1. The molecule has 0 bridgehead atoms. The van der Waals surface area contributed by atoms with Gasteiger partial charge in [-0.15, -0.1) is 0 Å². The van der Waals surface area contributed by atoms with Gasteiger partial charge in [0.1, 0.15) is 5.75 Å². The third kappa shape index (κ3) is 4.90. The van der Waals surface area contributed by atoms with Gasteiger partial charge in [0.2, 0.25) is 5.91 Å². The number of nitrogens with one attached hydrogen (secondary N) is 1. The van der Waals surface area contributed by atoms with Gasteiger partial charge in [0, 0.05) is 25.3 Å². The van der Waals surface area contributed by atoms with Gasteiger partial charge >= 0.3 is 0 Å². The molecule has 1 aromatic carbocycles. The van der Waals surface area contributed by atoms with Crippen molar-refractivity contribution >= 4 is 17.3 Å². The second kappa shape index (κ2) is 8.77. The Morgan fingerprint density at radius 2 is 2.28 bits per heavy atom. The molecule has 8 nitrogen and oxygen atoms in total. The van der Waals surface area contributed by atoms with Crippen molar-refractivity contribution in [1.82, 2.24) is 4.90 Å². The first-order valence-electron chi connectivity index (χ1n) is 8.45. The summed E-state index contributed by atoms with van der Waals surface area (Å²) in [6.07, 6.45) is 2.11. The van der Waals surface area contributed by atoms with Crippen LogP contribution in [0.25, 0.3) is 0 Å². The predicted octanol–water partition coefficient (Wildman–Crippen LogP) is 2.43. The van der Waals surface area contributed by atoms with E-state index < -0.39 is 4.92 Å². The van der Waals surface area contributed by atoms with Gasteiger partial charge < -0.3 is 14.8 Å². The summed E-state index contributed by atoms with van der Waals surface area (Å²) in [5.41, 5.74) is 0.199. The molecule has 1 N–H and O–H groups in total. The second-order valence-electron chi connectivity index (χ2n) is 6.02. The zero-order valence-electron chi connectivity index (χ0n) is 14.9. The Hall–Kier alpha value is -2.19. The molecule has 2 unspecified atom stereocenters. The van der Waals surface area contributed by atoms with Crippen molar-refractivity contribution in [2.24, 2.45) is 0 Å². The van der Waals surface area contributed by atoms with E-state index in [1.54, 1.807) is 0 Å². The first-order chi connectivity index (χ1) is 12.0. The molecule has 1 saturated heterocycles. The van der Waals surface area contributed by atoms with Gasteiger partial charge in [-0.05, 0) is 39.3 Å². The van der Waals surface area contributed by atoms with E-state index in [1.165, 1.54) is 25.3 Å². The summed E-state index contributed by atoms with van der Waals surface area (Å²) in [6.45, 7) is 5.97. The lowest BCUT2D eigenvalue weighted by atomic mass is 10.1. The van der Waals surface area contributed by atoms with Crippen molar-refractivity contribution in [1.29, 1.82) is 0 Å². The average Bonchev–Trinajstić information content (AvgIpc) is 2.61. The van der Waals surface area contributed by atoms with Gasteiger partial charge in [0.25, 0.3) is 5.69 Å². The lowest BCUT2D eigenvalue weighted by Gasteiger charge is -2.35. The molecule has 1 aliphatic rings. The number of rotatable bonds is 7. The Morgan fingerprint density at radius 1 is 1.52 bits per heavy atom. The summed E-state index contributed by atoms with van der Waals surface area (Å²) in [7, 11) is 1.46. The van der Waals surface area contributed by atoms with Crippen LogP contribution in [0.15, 0.2) is 18.2 Å². The number of carbonyl (C=O) groups excluding carboxylic acids is 1. The average molecular weight is 351 g/mol. The van der Waals surface area contributed by atoms with Crippen LogP contribution in [0, 0.1) is 10.1 Å². The Kier molecular flexibility index (Phi) is 6.72. The molecule has 2 atom stereocenters. The van der Waals surface area contributed by atoms with E-state index in [1.807, 2.05) is 13.8 Å². The minimum absolute atomic E-state index is 0.0989. The second-order valence-corrected chi connectivity index (χ2v) is 6.02. The van der Waals surface area contributed by atoms with Crippen LogP contribution < -0.4 is 10.1 Å². The molecule has 1 aliphatic heterocycles. The normalized spacial score (nSPS) is 19.2. The minimum atomic E-state index is -0.504. The third-order valence-corrected chi connectivity index (χ3v) is 4.39. The van der Waals surface area contributed by atoms with E-state index in [0.717, 1.165) is 19.4 Å². The smallest absolute Gasteiger partial charge is 0.271 e. The van der Waals surface area contributed by atoms with Crippen molar-refractivity contribution in [3.63, 3.8) is 0 Å². The Bertz CT molecular complexity index is 620. The van der Waals surface area contributed by atoms with Crippen LogP contribution in [-0.4, -0.2) is 54.7 Å². The van der Waals surface area contributed by atoms with Crippen LogP contribution in [0.3, 0.4) is 0 Å². The van der Waals surface area contributed by atoms with E-state index in [2.05, 4.69) is 10.2 Å². The van der Waals surface area contributed by atoms with Gasteiger partial charge in [-0.25, -0.2) is 0 Å². The molecule has 0 radical (unpaired) electrons. The minimum Gasteiger partial charge on any atom is -0.495 e. The zero-order valence-corrected chi connectivity index (χ0v) is 14.9. The SMILES string of the molecule is CCOC1CCCN(C(C)C(=O)Nc2cc([N+](=O)[O-])ccc2OC)C1. The number of nitro benzene ring substituents is 1. The van der Waals surface area contributed by atoms with E-state index in [9.17, 15) is 14.9 Å². The van der Waals surface area contributed by atoms with Gasteiger partial charge in [0.05, 0.1) is 29.9 Å². The number of amides is 1. The Balaban J connectivity index is 2.07. The first kappa shape index (κ1) is 19.1. The van der Waals surface area contributed by atoms with E-state index in [0.29, 0.717) is 24.6 Å². The predicted molar refractivity (Wildman–Crippen MR) is 94.0 cm³/mol. The van der Waals surface area contributed by atoms with Crippen molar-refractivity contribution in [3.8, 4) is 5.75 Å². The molecule has 8 heteroatoms. The zero-order chi connectivity index (χ0) is 18.4. The molecule has 138 valence electrons. The molecule has 1 heterocycles. The molecule has 0 aromatic heterocycles. The number of hydrogen-bond donors (Lipinski definition) is 1. The Morgan fingerprint density at radius 3 is 2.92 bits per heavy atom. The lowest BCUT2D eigenvalue weighted by molar-refractivity contribution is -0.384. The van der Waals surface area contributed by atoms with Crippen LogP contribution in [0.5, 0.6) is 5.75 Å². The molecular formula is C17H25N3O5. The molecule has 2 rings (SSSR count). The van der Waals surface area contributed by atoms with Crippen LogP contribution in [0.1, 0.15) is 26.7 Å². The van der Waals surface area contributed by atoms with E-state index in [-0.39, 0.29) is 23.7 Å². The van der Waals surface area contributed by atoms with Crippen molar-refractivity contribution in [2.45, 2.75) is 38.8 Å². The Labute approximate surface area is 147 Å². The fourth-order valence-electron chi connectivity index (χ4n) is 3.00. The van der Waals surface area contributed by atoms with E-state index in [4.69, 9.17) is 9.47 Å². The topological polar surface area (TPSA) is 93.9 Å². The third-order valence-electron chi connectivity index (χ3n) is 4.39. The largest absolute Gasteiger partial charge is 0.495 e. The number of methoxy groups -OCH3 is 1. The van der Waals surface area contributed by atoms with Crippen molar-refractivity contribution in [3.05, 3.63) is 28.3 Å². The summed E-state index contributed by atoms with van der Waals surface area (Å²) in [5.74, 6) is 0.160. The summed E-state index contributed by atoms with van der Waals surface area (Å²) >= 11 is 0. The van der Waals surface area contributed by atoms with E-state index >= 15 is 0 Å². The number of piperidine rings is 1. The number of anilines is 1. The molecular weight excluding hydrogens is 326 g/mol. The van der Waals surface area contributed by atoms with Gasteiger partial charge in [0.15, 0.2) is 0 Å². The number of non-ortho nitro benzene ring substituents is 1. The summed E-state index contributed by atoms with van der Waals surface area (Å²) in [4.78, 5) is 25.1. The lowest BCUT2D eigenvalue weighted by Crippen LogP contribution is -2.49. The number of hydrogen-bond acceptors (Lipinski definition) is 6. The fourth-order valence-corrected chi connectivity index (χ4v) is 3.00. The molecule has 1 aromatic rings. The number of nitrogens with zero attached hydrogens (tertiary/aromatic N) is 2. The number of likely N-dealkylation sites (tertiary alicyclic amines) is 1. The molecule has 0 aliphatic carbocycles. The standard InChI is InChI=1S/C17H25N3O5/c1-4-25-14-6-5-9-19(11-14)12(2)17(21)18-15-10-13(20(22)23)7-8-16(15)24-3/h7-8,10,12,14H,4-6,9,11H2,1-3H3,(H,18,21). The molecule has 1 fully saturated rings. The molecule has 0 saturated carbocycles. The highest BCUT2D eigenvalue weighted by molar-refractivity contribution is 5.96. The fraction of sp³-hybridized carbons (Fsp3) is 0.588. The van der Waals surface area contributed by atoms with Crippen molar-refractivity contribution in [2.75, 3.05) is 32.1 Å². The summed E-state index contributed by atoms with van der Waals surface area (Å²) in [5, 5.41) is 13.7. The monoisotopic (exact) mass is 351 g/mol. The number of ether oxygens (including phenoxy) is 2. The quantitative estimate of drug-likeness (QED) is 0.599. The van der Waals surface area contributed by atoms with Crippen LogP contribution in [0.2, 0.25) is 0 Å². The summed E-state index contributed by atoms with van der Waals surface area (Å²) in [6, 6.07) is 3.76. The molecule has 1 amide bonds. The maximum Gasteiger partial charge on any atom is 0.271 e. The highest BCUT2D eigenvalue weighted by Crippen LogP contribution is 2.29. The van der Waals surface area contributed by atoms with Crippen molar-refractivity contribution < 1.29 is 19.2 Å². The summed E-state index contributed by atoms with van der Waals surface area (Å²) < 4.78 is 10.9. The van der Waals surface area contributed by atoms with Crippen LogP contribution in [-0.2, 0) is 9.53 Å². The molecule has 25 heavy (non-hydrogen) atoms. The van der Waals surface area contributed by atoms with Gasteiger partial charge in [-0.3, -0.25) is 19.8 Å². The maximum absolute atomic E-state index is 12.6. The molecule has 0 spiro atoms. The first-order valence-corrected chi connectivity index (χ1v) is 8.45. The maximum atomic E-state index is 12.6. The van der Waals surface area contributed by atoms with Crippen LogP contribution >= 0.6 is 0 Å². The highest BCUT2D eigenvalue weighted by Gasteiger charge is 2.28.